The van der Waals surface area contributed by atoms with E-state index < -0.39 is 43.5 Å². The molecule has 14 heteroatoms. The first-order valence-corrected chi connectivity index (χ1v) is 8.96. The third-order valence-corrected chi connectivity index (χ3v) is 4.68. The predicted molar refractivity (Wildman–Crippen MR) is 53.8 cm³/mol. The Morgan fingerprint density at radius 3 is 0.739 bits per heavy atom. The van der Waals surface area contributed by atoms with Crippen molar-refractivity contribution in [3.05, 3.63) is 0 Å². The van der Waals surface area contributed by atoms with Crippen molar-refractivity contribution in [2.75, 3.05) is 0 Å². The number of hydrogen-bond donors (Lipinski definition) is 0. The van der Waals surface area contributed by atoms with Crippen LogP contribution in [0.4, 0.5) is 57.1 Å². The highest BCUT2D eigenvalue weighted by molar-refractivity contribution is 6.77. The molecule has 1 aliphatic rings. The largest absolute Gasteiger partial charge is 0.415 e. The Hall–Kier alpha value is -0.693. The van der Waals surface area contributed by atoms with Gasteiger partial charge in [0, 0.05) is 0 Å². The highest BCUT2D eigenvalue weighted by Crippen LogP contribution is 2.82. The van der Waals surface area contributed by atoms with Crippen LogP contribution in [0.3, 0.4) is 0 Å². The lowest BCUT2D eigenvalue weighted by Gasteiger charge is -2.21. The molecule has 23 heavy (non-hydrogen) atoms. The van der Waals surface area contributed by atoms with Gasteiger partial charge in [0.05, 0.1) is 0 Å². The lowest BCUT2D eigenvalue weighted by Crippen LogP contribution is -2.45. The zero-order chi connectivity index (χ0) is 19.5. The highest BCUT2D eigenvalue weighted by atomic mass is 28.3. The summed E-state index contributed by atoms with van der Waals surface area (Å²) in [5, 5.41) is 0. The van der Waals surface area contributed by atoms with Crippen LogP contribution in [0.15, 0.2) is 0 Å². The first kappa shape index (κ1) is 22.3. The summed E-state index contributed by atoms with van der Waals surface area (Å²) in [5.74, 6) is -16.2. The maximum absolute atomic E-state index is 12.0. The van der Waals surface area contributed by atoms with Crippen LogP contribution in [0.1, 0.15) is 0 Å². The average molecular weight is 392 g/mol. The summed E-state index contributed by atoms with van der Waals surface area (Å²) in [6, 6.07) is 0. The van der Waals surface area contributed by atoms with Crippen LogP contribution in [-0.2, 0) is 0 Å². The molecule has 0 aliphatic heterocycles. The molecule has 0 radical (unpaired) electrons. The lowest BCUT2D eigenvalue weighted by atomic mass is 10.1. The predicted octanol–water partition coefficient (Wildman–Crippen LogP) is 5.81. The molecule has 1 aliphatic carbocycles. The molecule has 0 unspecified atom stereocenters. The first-order chi connectivity index (χ1) is 9.50. The topological polar surface area (TPSA) is 0 Å². The molecule has 0 atom stereocenters. The third kappa shape index (κ3) is 3.02. The van der Waals surface area contributed by atoms with E-state index in [1.807, 2.05) is 0 Å². The first-order valence-electron chi connectivity index (χ1n) is 5.46. The second-order valence-electron chi connectivity index (χ2n) is 5.64. The molecule has 140 valence electrons. The average Bonchev–Trinajstić information content (AvgIpc) is 2.46. The molecule has 1 fully saturated rings. The van der Waals surface area contributed by atoms with Crippen LogP contribution < -0.4 is 0 Å². The van der Waals surface area contributed by atoms with Crippen LogP contribution in [-0.4, -0.2) is 38.1 Å². The van der Waals surface area contributed by atoms with E-state index >= 15 is 0 Å². The summed E-state index contributed by atoms with van der Waals surface area (Å²) < 4.78 is 153. The summed E-state index contributed by atoms with van der Waals surface area (Å²) >= 11 is 0. The van der Waals surface area contributed by atoms with Crippen molar-refractivity contribution in [3.63, 3.8) is 0 Å². The number of alkyl halides is 13. The Bertz CT molecular complexity index is 390. The summed E-state index contributed by atoms with van der Waals surface area (Å²) in [4.78, 5) is 0. The minimum absolute atomic E-state index is 1.28. The van der Waals surface area contributed by atoms with E-state index in [0.29, 0.717) is 0 Å². The second-order valence-corrected chi connectivity index (χ2v) is 10.7. The van der Waals surface area contributed by atoms with Gasteiger partial charge in [0.2, 0.25) is 0 Å². The number of halogens is 13. The van der Waals surface area contributed by atoms with Gasteiger partial charge in [0.15, 0.2) is 8.07 Å². The van der Waals surface area contributed by atoms with Gasteiger partial charge in [-0.2, -0.15) is 57.1 Å². The molecule has 0 saturated heterocycles. The maximum atomic E-state index is 12.0. The van der Waals surface area contributed by atoms with Gasteiger partial charge < -0.3 is 0 Å². The Morgan fingerprint density at radius 1 is 0.565 bits per heavy atom. The molecule has 0 aromatic rings. The molecule has 0 aromatic heterocycles. The molecule has 0 nitrogen and oxygen atoms in total. The smallest absolute Gasteiger partial charge is 0.198 e. The summed E-state index contributed by atoms with van der Waals surface area (Å²) in [7, 11) is -2.86. The Kier molecular flexibility index (Phi) is 4.99. The molecule has 0 spiro atoms. The molecule has 0 amide bonds. The van der Waals surface area contributed by atoms with Gasteiger partial charge in [-0.15, -0.1) is 0 Å². The standard InChI is InChI=1S/C5F10.C4H9F3Si/c6-2(7)1(3(2,8)9,4(10,11)12)5(13,14)15;1-8(2,3)4(5,6)7/h;1-3H3. The van der Waals surface area contributed by atoms with E-state index in [4.69, 9.17) is 0 Å². The van der Waals surface area contributed by atoms with E-state index in [1.54, 1.807) is 0 Å². The van der Waals surface area contributed by atoms with Gasteiger partial charge in [0.1, 0.15) is 0 Å². The van der Waals surface area contributed by atoms with Gasteiger partial charge in [-0.25, -0.2) is 0 Å². The van der Waals surface area contributed by atoms with Crippen molar-refractivity contribution in [1.82, 2.24) is 0 Å². The fraction of sp³-hybridized carbons (Fsp3) is 1.00. The molecule has 0 bridgehead atoms. The monoisotopic (exact) mass is 392 g/mol. The molecule has 1 rings (SSSR count). The minimum Gasteiger partial charge on any atom is -0.198 e. The zero-order valence-electron chi connectivity index (χ0n) is 11.4. The summed E-state index contributed by atoms with van der Waals surface area (Å²) in [6.45, 7) is 3.85. The minimum atomic E-state index is -6.77. The summed E-state index contributed by atoms with van der Waals surface area (Å²) in [5.41, 5.74) is -6.25. The maximum Gasteiger partial charge on any atom is 0.415 e. The van der Waals surface area contributed by atoms with Gasteiger partial charge in [0.25, 0.3) is 5.41 Å². The fourth-order valence-corrected chi connectivity index (χ4v) is 1.29. The van der Waals surface area contributed by atoms with Crippen LogP contribution in [0, 0.1) is 5.41 Å². The van der Waals surface area contributed by atoms with Gasteiger partial charge in [-0.1, -0.05) is 19.6 Å². The van der Waals surface area contributed by atoms with Crippen molar-refractivity contribution in [3.8, 4) is 0 Å². The molecule has 0 heterocycles. The van der Waals surface area contributed by atoms with Crippen molar-refractivity contribution in [1.29, 1.82) is 0 Å². The van der Waals surface area contributed by atoms with Crippen LogP contribution in [0.2, 0.25) is 19.6 Å². The Balaban J connectivity index is 0.000000515. The Morgan fingerprint density at radius 2 is 0.739 bits per heavy atom. The Labute approximate surface area is 121 Å². The van der Waals surface area contributed by atoms with Crippen LogP contribution in [0.25, 0.3) is 0 Å². The van der Waals surface area contributed by atoms with Gasteiger partial charge in [-0.05, 0) is 0 Å². The van der Waals surface area contributed by atoms with Gasteiger partial charge >= 0.3 is 30.0 Å². The van der Waals surface area contributed by atoms with E-state index in [2.05, 4.69) is 0 Å². The third-order valence-electron chi connectivity index (χ3n) is 2.97. The SMILES string of the molecule is C[Si](C)(C)C(F)(F)F.FC(F)(F)C1(C(F)(F)F)C(F)(F)C1(F)F. The molecule has 0 N–H and O–H groups in total. The van der Waals surface area contributed by atoms with Crippen molar-refractivity contribution < 1.29 is 57.1 Å². The van der Waals surface area contributed by atoms with Crippen LogP contribution >= 0.6 is 0 Å². The van der Waals surface area contributed by atoms with E-state index in [-0.39, 0.29) is 0 Å². The molecule has 0 aromatic carbocycles. The fourth-order valence-electron chi connectivity index (χ4n) is 1.29. The second kappa shape index (κ2) is 5.15. The molecular formula is C9H9F13Si. The highest BCUT2D eigenvalue weighted by Gasteiger charge is 3.12. The quantitative estimate of drug-likeness (QED) is 0.361. The van der Waals surface area contributed by atoms with Gasteiger partial charge in [-0.3, -0.25) is 0 Å². The lowest BCUT2D eigenvalue weighted by molar-refractivity contribution is -0.333. The van der Waals surface area contributed by atoms with Crippen LogP contribution in [0.5, 0.6) is 0 Å². The van der Waals surface area contributed by atoms with E-state index in [9.17, 15) is 57.1 Å². The van der Waals surface area contributed by atoms with Crippen molar-refractivity contribution in [2.45, 2.75) is 49.6 Å². The van der Waals surface area contributed by atoms with Crippen molar-refractivity contribution in [2.24, 2.45) is 5.41 Å². The zero-order valence-corrected chi connectivity index (χ0v) is 12.4. The molecule has 1 saturated carbocycles. The normalized spacial score (nSPS) is 23.0. The number of hydrogen-bond acceptors (Lipinski definition) is 0. The molecular weight excluding hydrogens is 383 g/mol. The van der Waals surface area contributed by atoms with E-state index in [0.717, 1.165) is 0 Å². The van der Waals surface area contributed by atoms with Crippen molar-refractivity contribution >= 4 is 8.07 Å². The van der Waals surface area contributed by atoms with E-state index in [1.165, 1.54) is 19.6 Å². The summed E-state index contributed by atoms with van der Waals surface area (Å²) in [6.07, 6.45) is -13.5. The number of rotatable bonds is 0.